The molecular formula is C24H28N4O2. The van der Waals surface area contributed by atoms with E-state index in [1.807, 2.05) is 61.1 Å². The number of anilines is 1. The van der Waals surface area contributed by atoms with Crippen LogP contribution in [0.3, 0.4) is 0 Å². The molecule has 6 nitrogen and oxygen atoms in total. The van der Waals surface area contributed by atoms with E-state index in [0.717, 1.165) is 54.5 Å². The first kappa shape index (κ1) is 20.2. The molecule has 1 fully saturated rings. The van der Waals surface area contributed by atoms with Gasteiger partial charge < -0.3 is 15.0 Å². The fraction of sp³-hybridized carbons (Fsp3) is 0.333. The minimum atomic E-state index is -0.144. The summed E-state index contributed by atoms with van der Waals surface area (Å²) in [5.74, 6) is -0.0842. The normalized spacial score (nSPS) is 15.1. The van der Waals surface area contributed by atoms with Crippen LogP contribution in [0.2, 0.25) is 0 Å². The number of aromatic nitrogens is 2. The maximum absolute atomic E-state index is 12.8. The van der Waals surface area contributed by atoms with E-state index in [1.165, 1.54) is 0 Å². The molecule has 2 aromatic carbocycles. The molecule has 1 saturated heterocycles. The number of benzene rings is 2. The fourth-order valence-electron chi connectivity index (χ4n) is 3.89. The van der Waals surface area contributed by atoms with Crippen molar-refractivity contribution in [3.8, 4) is 5.69 Å². The van der Waals surface area contributed by atoms with Gasteiger partial charge in [0.2, 0.25) is 0 Å². The second-order valence-corrected chi connectivity index (χ2v) is 7.73. The van der Waals surface area contributed by atoms with Crippen LogP contribution in [0.1, 0.15) is 40.1 Å². The van der Waals surface area contributed by atoms with Crippen LogP contribution in [0.5, 0.6) is 0 Å². The molecule has 1 aliphatic rings. The van der Waals surface area contributed by atoms with Gasteiger partial charge in [-0.1, -0.05) is 18.2 Å². The highest BCUT2D eigenvalue weighted by Crippen LogP contribution is 2.23. The van der Waals surface area contributed by atoms with E-state index in [-0.39, 0.29) is 11.9 Å². The van der Waals surface area contributed by atoms with Gasteiger partial charge in [-0.2, -0.15) is 5.10 Å². The van der Waals surface area contributed by atoms with Crippen LogP contribution >= 0.6 is 0 Å². The molecule has 1 N–H and O–H groups in total. The molecule has 0 bridgehead atoms. The van der Waals surface area contributed by atoms with Crippen LogP contribution in [0.15, 0.2) is 54.7 Å². The van der Waals surface area contributed by atoms with Gasteiger partial charge in [-0.25, -0.2) is 4.68 Å². The predicted molar refractivity (Wildman–Crippen MR) is 118 cm³/mol. The monoisotopic (exact) mass is 404 g/mol. The summed E-state index contributed by atoms with van der Waals surface area (Å²) < 4.78 is 7.34. The Morgan fingerprint density at radius 2 is 1.77 bits per heavy atom. The van der Waals surface area contributed by atoms with Crippen molar-refractivity contribution in [2.75, 3.05) is 31.2 Å². The van der Waals surface area contributed by atoms with E-state index in [0.29, 0.717) is 5.56 Å². The van der Waals surface area contributed by atoms with Gasteiger partial charge in [-0.05, 0) is 56.7 Å². The third-order valence-corrected chi connectivity index (χ3v) is 5.71. The molecule has 0 radical (unpaired) electrons. The third-order valence-electron chi connectivity index (χ3n) is 5.71. The van der Waals surface area contributed by atoms with Crippen molar-refractivity contribution in [1.29, 1.82) is 0 Å². The van der Waals surface area contributed by atoms with Crippen molar-refractivity contribution < 1.29 is 9.53 Å². The average molecular weight is 405 g/mol. The maximum Gasteiger partial charge on any atom is 0.251 e. The first-order valence-electron chi connectivity index (χ1n) is 10.4. The molecule has 1 atom stereocenters. The number of rotatable bonds is 5. The average Bonchev–Trinajstić information content (AvgIpc) is 3.16. The number of nitrogens with zero attached hydrogens (tertiary/aromatic N) is 3. The molecule has 0 aliphatic carbocycles. The minimum absolute atomic E-state index is 0.0842. The van der Waals surface area contributed by atoms with Gasteiger partial charge in [-0.15, -0.1) is 0 Å². The van der Waals surface area contributed by atoms with Gasteiger partial charge in [-0.3, -0.25) is 4.79 Å². The molecule has 156 valence electrons. The number of ether oxygens (including phenoxy) is 1. The summed E-state index contributed by atoms with van der Waals surface area (Å²) in [6.07, 6.45) is 1.84. The fourth-order valence-corrected chi connectivity index (χ4v) is 3.89. The topological polar surface area (TPSA) is 59.4 Å². The molecular weight excluding hydrogens is 376 g/mol. The summed E-state index contributed by atoms with van der Waals surface area (Å²) in [6, 6.07) is 15.8. The number of hydrogen-bond donors (Lipinski definition) is 1. The minimum Gasteiger partial charge on any atom is -0.378 e. The number of morpholine rings is 1. The highest BCUT2D eigenvalue weighted by molar-refractivity contribution is 5.94. The highest BCUT2D eigenvalue weighted by Gasteiger charge is 2.18. The smallest absolute Gasteiger partial charge is 0.251 e. The lowest BCUT2D eigenvalue weighted by molar-refractivity contribution is 0.0939. The highest BCUT2D eigenvalue weighted by atomic mass is 16.5. The van der Waals surface area contributed by atoms with Gasteiger partial charge >= 0.3 is 0 Å². The zero-order valence-electron chi connectivity index (χ0n) is 17.8. The Hall–Kier alpha value is -3.12. The van der Waals surface area contributed by atoms with Crippen LogP contribution in [-0.2, 0) is 4.74 Å². The van der Waals surface area contributed by atoms with Gasteiger partial charge in [0.05, 0.1) is 31.1 Å². The van der Waals surface area contributed by atoms with E-state index < -0.39 is 0 Å². The standard InChI is InChI=1S/C24H28N4O2/c1-17-6-4-5-7-23(17)28-19(3)22(16-25-28)18(2)26-24(29)20-8-10-21(11-9-20)27-12-14-30-15-13-27/h4-11,16,18H,12-15H2,1-3H3,(H,26,29)/t18-/m0/s1. The number of nitrogens with one attached hydrogen (secondary N) is 1. The van der Waals surface area contributed by atoms with Gasteiger partial charge in [0.15, 0.2) is 0 Å². The Bertz CT molecular complexity index is 1020. The summed E-state index contributed by atoms with van der Waals surface area (Å²) in [7, 11) is 0. The van der Waals surface area contributed by atoms with Crippen molar-refractivity contribution in [2.45, 2.75) is 26.8 Å². The van der Waals surface area contributed by atoms with Crippen molar-refractivity contribution in [2.24, 2.45) is 0 Å². The van der Waals surface area contributed by atoms with Crippen LogP contribution in [-0.4, -0.2) is 42.0 Å². The largest absolute Gasteiger partial charge is 0.378 e. The lowest BCUT2D eigenvalue weighted by atomic mass is 10.1. The predicted octanol–water partition coefficient (Wildman–Crippen LogP) is 3.82. The molecule has 1 amide bonds. The summed E-state index contributed by atoms with van der Waals surface area (Å²) >= 11 is 0. The molecule has 2 heterocycles. The van der Waals surface area contributed by atoms with Gasteiger partial charge in [0.1, 0.15) is 0 Å². The van der Waals surface area contributed by atoms with Crippen LogP contribution in [0.4, 0.5) is 5.69 Å². The number of aryl methyl sites for hydroxylation is 1. The number of hydrogen-bond acceptors (Lipinski definition) is 4. The quantitative estimate of drug-likeness (QED) is 0.702. The van der Waals surface area contributed by atoms with Crippen LogP contribution in [0, 0.1) is 13.8 Å². The first-order valence-corrected chi connectivity index (χ1v) is 10.4. The lowest BCUT2D eigenvalue weighted by Crippen LogP contribution is -2.36. The Balaban J connectivity index is 1.45. The summed E-state index contributed by atoms with van der Waals surface area (Å²) in [4.78, 5) is 15.1. The van der Waals surface area contributed by atoms with E-state index >= 15 is 0 Å². The lowest BCUT2D eigenvalue weighted by Gasteiger charge is -2.28. The molecule has 0 unspecified atom stereocenters. The molecule has 3 aromatic rings. The van der Waals surface area contributed by atoms with E-state index in [2.05, 4.69) is 34.4 Å². The molecule has 0 spiro atoms. The Morgan fingerprint density at radius 1 is 1.07 bits per heavy atom. The van der Waals surface area contributed by atoms with E-state index in [9.17, 15) is 4.79 Å². The van der Waals surface area contributed by atoms with Crippen LogP contribution < -0.4 is 10.2 Å². The van der Waals surface area contributed by atoms with Crippen molar-refractivity contribution in [3.63, 3.8) is 0 Å². The summed E-state index contributed by atoms with van der Waals surface area (Å²) in [6.45, 7) is 9.35. The number of carbonyl (C=O) groups excluding carboxylic acids is 1. The molecule has 1 aromatic heterocycles. The molecule has 4 rings (SSSR count). The third kappa shape index (κ3) is 4.09. The number of para-hydroxylation sites is 1. The maximum atomic E-state index is 12.8. The SMILES string of the molecule is Cc1ccccc1-n1ncc([C@H](C)NC(=O)c2ccc(N3CCOCC3)cc2)c1C. The van der Waals surface area contributed by atoms with Gasteiger partial charge in [0.25, 0.3) is 5.91 Å². The summed E-state index contributed by atoms with van der Waals surface area (Å²) in [5.41, 5.74) is 6.03. The molecule has 0 saturated carbocycles. The molecule has 1 aliphatic heterocycles. The zero-order chi connectivity index (χ0) is 21.1. The van der Waals surface area contributed by atoms with Crippen LogP contribution in [0.25, 0.3) is 5.69 Å². The van der Waals surface area contributed by atoms with Gasteiger partial charge in [0, 0.05) is 35.6 Å². The Morgan fingerprint density at radius 3 is 2.47 bits per heavy atom. The van der Waals surface area contributed by atoms with Crippen molar-refractivity contribution in [3.05, 3.63) is 77.1 Å². The number of amides is 1. The molecule has 6 heteroatoms. The first-order chi connectivity index (χ1) is 14.5. The summed E-state index contributed by atoms with van der Waals surface area (Å²) in [5, 5.41) is 7.67. The van der Waals surface area contributed by atoms with E-state index in [1.54, 1.807) is 0 Å². The second kappa shape index (κ2) is 8.71. The second-order valence-electron chi connectivity index (χ2n) is 7.73. The molecule has 30 heavy (non-hydrogen) atoms. The zero-order valence-corrected chi connectivity index (χ0v) is 17.8. The van der Waals surface area contributed by atoms with E-state index in [4.69, 9.17) is 4.74 Å². The Kier molecular flexibility index (Phi) is 5.86. The van der Waals surface area contributed by atoms with Crippen molar-refractivity contribution in [1.82, 2.24) is 15.1 Å². The number of carbonyl (C=O) groups is 1. The Labute approximate surface area is 177 Å². The van der Waals surface area contributed by atoms with Crippen molar-refractivity contribution >= 4 is 11.6 Å².